The van der Waals surface area contributed by atoms with Gasteiger partial charge in [-0.25, -0.2) is 4.79 Å². The van der Waals surface area contributed by atoms with Gasteiger partial charge in [-0.1, -0.05) is 45.4 Å². The standard InChI is InChI=1S/C29H51N5O6S/c1-2-3-6-13-21(28(39)31-19-12-5-8-17-26(37)38)32-25(36)16-7-4-11-18-30-24(35)15-10-9-14-23-27-22(20-41-23)33-29(40)34-27/h21-23,27H,2-20H2,1H3,(H,30,35)(H,31,39)(H,32,36)(H,37,38)(H2,33,34,40)/t21?,22-,23?,27-/m0/s1. The van der Waals surface area contributed by atoms with Gasteiger partial charge in [-0.2, -0.15) is 11.8 Å². The highest BCUT2D eigenvalue weighted by Crippen LogP contribution is 2.33. The second-order valence-electron chi connectivity index (χ2n) is 11.1. The van der Waals surface area contributed by atoms with Crippen LogP contribution in [0.1, 0.15) is 110 Å². The van der Waals surface area contributed by atoms with E-state index in [1.807, 2.05) is 11.8 Å². The van der Waals surface area contributed by atoms with Gasteiger partial charge in [0.15, 0.2) is 0 Å². The third-order valence-electron chi connectivity index (χ3n) is 7.60. The first-order valence-electron chi connectivity index (χ1n) is 15.5. The van der Waals surface area contributed by atoms with Crippen molar-refractivity contribution in [1.29, 1.82) is 0 Å². The number of unbranched alkanes of at least 4 members (excludes halogenated alkanes) is 7. The molecule has 0 aromatic carbocycles. The SMILES string of the molecule is CCCCCC(NC(=O)CCCCCNC(=O)CCCCC1SC[C@@H]2NC(=O)N[C@H]12)C(=O)NCCCCCC(=O)O. The first kappa shape index (κ1) is 34.7. The Balaban J connectivity index is 1.50. The average molecular weight is 598 g/mol. The number of thioether (sulfide) groups is 1. The Bertz CT molecular complexity index is 845. The van der Waals surface area contributed by atoms with E-state index in [9.17, 15) is 24.0 Å². The molecule has 2 rings (SSSR count). The quantitative estimate of drug-likeness (QED) is 0.0777. The van der Waals surface area contributed by atoms with E-state index in [0.29, 0.717) is 56.9 Å². The van der Waals surface area contributed by atoms with E-state index in [-0.39, 0.29) is 42.3 Å². The van der Waals surface area contributed by atoms with Crippen LogP contribution in [0.25, 0.3) is 0 Å². The summed E-state index contributed by atoms with van der Waals surface area (Å²) < 4.78 is 0. The molecule has 4 atom stereocenters. The lowest BCUT2D eigenvalue weighted by Crippen LogP contribution is -2.46. The third kappa shape index (κ3) is 14.8. The number of carboxylic acid groups (broad SMARTS) is 1. The summed E-state index contributed by atoms with van der Waals surface area (Å²) in [4.78, 5) is 59.3. The fraction of sp³-hybridized carbons (Fsp3) is 0.828. The van der Waals surface area contributed by atoms with Crippen molar-refractivity contribution in [3.8, 4) is 0 Å². The normalized spacial score (nSPS) is 20.0. The van der Waals surface area contributed by atoms with E-state index >= 15 is 0 Å². The van der Waals surface area contributed by atoms with Crippen molar-refractivity contribution in [3.05, 3.63) is 0 Å². The maximum absolute atomic E-state index is 12.6. The molecule has 12 heteroatoms. The summed E-state index contributed by atoms with van der Waals surface area (Å²) in [6, 6.07) is -0.174. The van der Waals surface area contributed by atoms with Gasteiger partial charge in [-0.05, 0) is 44.9 Å². The molecule has 2 heterocycles. The molecule has 0 aromatic heterocycles. The van der Waals surface area contributed by atoms with Crippen molar-refractivity contribution < 1.29 is 29.1 Å². The molecule has 0 spiro atoms. The van der Waals surface area contributed by atoms with Crippen LogP contribution in [0.2, 0.25) is 0 Å². The summed E-state index contributed by atoms with van der Waals surface area (Å²) in [5.41, 5.74) is 0. The number of hydrogen-bond acceptors (Lipinski definition) is 6. The highest BCUT2D eigenvalue weighted by molar-refractivity contribution is 8.00. The maximum atomic E-state index is 12.6. The average Bonchev–Trinajstić information content (AvgIpc) is 3.48. The van der Waals surface area contributed by atoms with Crippen molar-refractivity contribution in [2.75, 3.05) is 18.8 Å². The number of aliphatic carboxylic acids is 1. The summed E-state index contributed by atoms with van der Waals surface area (Å²) in [5.74, 6) is -0.116. The monoisotopic (exact) mass is 597 g/mol. The van der Waals surface area contributed by atoms with Crippen LogP contribution in [-0.2, 0) is 19.2 Å². The number of amides is 5. The van der Waals surface area contributed by atoms with Gasteiger partial charge in [-0.15, -0.1) is 0 Å². The van der Waals surface area contributed by atoms with Crippen LogP contribution in [0.15, 0.2) is 0 Å². The largest absolute Gasteiger partial charge is 0.481 e. The lowest BCUT2D eigenvalue weighted by molar-refractivity contribution is -0.137. The predicted molar refractivity (Wildman–Crippen MR) is 161 cm³/mol. The first-order chi connectivity index (χ1) is 19.8. The van der Waals surface area contributed by atoms with Crippen molar-refractivity contribution in [1.82, 2.24) is 26.6 Å². The number of hydrogen-bond donors (Lipinski definition) is 6. The van der Waals surface area contributed by atoms with Crippen LogP contribution in [-0.4, -0.2) is 77.0 Å². The summed E-state index contributed by atoms with van der Waals surface area (Å²) in [6.45, 7) is 3.16. The van der Waals surface area contributed by atoms with Crippen LogP contribution >= 0.6 is 11.8 Å². The molecule has 2 saturated heterocycles. The van der Waals surface area contributed by atoms with Crippen molar-refractivity contribution in [3.63, 3.8) is 0 Å². The predicted octanol–water partition coefficient (Wildman–Crippen LogP) is 3.22. The van der Waals surface area contributed by atoms with Crippen molar-refractivity contribution in [2.45, 2.75) is 133 Å². The smallest absolute Gasteiger partial charge is 0.315 e. The molecule has 0 radical (unpaired) electrons. The number of carbonyl (C=O) groups excluding carboxylic acids is 4. The number of nitrogens with one attached hydrogen (secondary N) is 5. The van der Waals surface area contributed by atoms with Gasteiger partial charge in [0.2, 0.25) is 17.7 Å². The number of carbonyl (C=O) groups is 5. The lowest BCUT2D eigenvalue weighted by Gasteiger charge is -2.18. The summed E-state index contributed by atoms with van der Waals surface area (Å²) in [6.07, 6.45) is 11.6. The van der Waals surface area contributed by atoms with E-state index in [2.05, 4.69) is 33.5 Å². The molecule has 0 saturated carbocycles. The molecule has 41 heavy (non-hydrogen) atoms. The molecular weight excluding hydrogens is 546 g/mol. The lowest BCUT2D eigenvalue weighted by atomic mass is 10.0. The Hall–Kier alpha value is -2.50. The van der Waals surface area contributed by atoms with Crippen LogP contribution in [0.4, 0.5) is 4.79 Å². The van der Waals surface area contributed by atoms with Gasteiger partial charge in [0.1, 0.15) is 6.04 Å². The Morgan fingerprint density at radius 3 is 2.27 bits per heavy atom. The van der Waals surface area contributed by atoms with Gasteiger partial charge >= 0.3 is 12.0 Å². The second-order valence-corrected chi connectivity index (χ2v) is 12.4. The maximum Gasteiger partial charge on any atom is 0.315 e. The zero-order valence-electron chi connectivity index (χ0n) is 24.6. The number of rotatable bonds is 23. The van der Waals surface area contributed by atoms with Crippen LogP contribution in [0, 0.1) is 0 Å². The minimum absolute atomic E-state index is 0.0540. The van der Waals surface area contributed by atoms with Crippen LogP contribution in [0.5, 0.6) is 0 Å². The highest BCUT2D eigenvalue weighted by atomic mass is 32.2. The Morgan fingerprint density at radius 1 is 0.854 bits per heavy atom. The van der Waals surface area contributed by atoms with Crippen LogP contribution in [0.3, 0.4) is 0 Å². The fourth-order valence-corrected chi connectivity index (χ4v) is 6.77. The van der Waals surface area contributed by atoms with Gasteiger partial charge in [0, 0.05) is 43.4 Å². The molecule has 2 aliphatic rings. The molecule has 2 aliphatic heterocycles. The van der Waals surface area contributed by atoms with Gasteiger partial charge in [0.05, 0.1) is 12.1 Å². The Labute approximate surface area is 248 Å². The minimum atomic E-state index is -0.809. The summed E-state index contributed by atoms with van der Waals surface area (Å²) in [5, 5.41) is 23.8. The molecule has 2 fully saturated rings. The molecule has 6 N–H and O–H groups in total. The van der Waals surface area contributed by atoms with E-state index in [0.717, 1.165) is 63.5 Å². The third-order valence-corrected chi connectivity index (χ3v) is 9.11. The molecule has 234 valence electrons. The minimum Gasteiger partial charge on any atom is -0.481 e. The summed E-state index contributed by atoms with van der Waals surface area (Å²) in [7, 11) is 0. The van der Waals surface area contributed by atoms with E-state index in [4.69, 9.17) is 5.11 Å². The van der Waals surface area contributed by atoms with Crippen molar-refractivity contribution in [2.24, 2.45) is 0 Å². The number of carboxylic acids is 1. The number of urea groups is 1. The van der Waals surface area contributed by atoms with Gasteiger partial charge < -0.3 is 31.7 Å². The zero-order chi connectivity index (χ0) is 29.9. The van der Waals surface area contributed by atoms with E-state index in [1.54, 1.807) is 0 Å². The molecule has 0 aromatic rings. The Kier molecular flexibility index (Phi) is 17.3. The van der Waals surface area contributed by atoms with Gasteiger partial charge in [0.25, 0.3) is 0 Å². The van der Waals surface area contributed by atoms with Crippen molar-refractivity contribution >= 4 is 41.5 Å². The van der Waals surface area contributed by atoms with E-state index in [1.165, 1.54) is 0 Å². The van der Waals surface area contributed by atoms with E-state index < -0.39 is 12.0 Å². The fourth-order valence-electron chi connectivity index (χ4n) is 5.22. The topological polar surface area (TPSA) is 166 Å². The Morgan fingerprint density at radius 2 is 1.54 bits per heavy atom. The molecule has 0 bridgehead atoms. The molecule has 2 unspecified atom stereocenters. The molecule has 0 aliphatic carbocycles. The molecular formula is C29H51N5O6S. The van der Waals surface area contributed by atoms with Gasteiger partial charge in [-0.3, -0.25) is 19.2 Å². The number of fused-ring (bicyclic) bond motifs is 1. The molecule has 11 nitrogen and oxygen atoms in total. The zero-order valence-corrected chi connectivity index (χ0v) is 25.5. The summed E-state index contributed by atoms with van der Waals surface area (Å²) >= 11 is 1.89. The molecule has 5 amide bonds. The second kappa shape index (κ2) is 20.4. The first-order valence-corrected chi connectivity index (χ1v) is 16.6. The van der Waals surface area contributed by atoms with Crippen LogP contribution < -0.4 is 26.6 Å². The highest BCUT2D eigenvalue weighted by Gasteiger charge is 2.42.